The minimum absolute atomic E-state index is 0.00565. The molecule has 5 rings (SSSR count). The van der Waals surface area contributed by atoms with E-state index >= 15 is 0 Å². The smallest absolute Gasteiger partial charge is 0.255 e. The maximum absolute atomic E-state index is 14.4. The Hall–Kier alpha value is -2.45. The van der Waals surface area contributed by atoms with Crippen LogP contribution in [0.1, 0.15) is 36.1 Å². The van der Waals surface area contributed by atoms with E-state index in [-0.39, 0.29) is 16.8 Å². The van der Waals surface area contributed by atoms with Crippen LogP contribution >= 0.6 is 0 Å². The van der Waals surface area contributed by atoms with Gasteiger partial charge in [0.25, 0.3) is 5.56 Å². The van der Waals surface area contributed by atoms with Crippen molar-refractivity contribution in [1.82, 2.24) is 14.9 Å². The molecule has 166 valence electrons. The lowest BCUT2D eigenvalue weighted by Gasteiger charge is -2.39. The molecule has 0 radical (unpaired) electrons. The Morgan fingerprint density at radius 3 is 2.68 bits per heavy atom. The molecule has 1 N–H and O–H groups in total. The number of anilines is 1. The van der Waals surface area contributed by atoms with Gasteiger partial charge >= 0.3 is 0 Å². The molecule has 0 bridgehead atoms. The fourth-order valence-electron chi connectivity index (χ4n) is 5.21. The first-order valence-electron chi connectivity index (χ1n) is 11.1. The Morgan fingerprint density at radius 1 is 1.19 bits per heavy atom. The molecule has 2 fully saturated rings. The lowest BCUT2D eigenvalue weighted by Crippen LogP contribution is -2.43. The molecule has 3 aliphatic rings. The molecular formula is C23H29FN4O3. The van der Waals surface area contributed by atoms with Crippen molar-refractivity contribution < 1.29 is 13.9 Å². The number of aromatic amines is 1. The van der Waals surface area contributed by atoms with E-state index in [2.05, 4.69) is 14.8 Å². The Labute approximate surface area is 181 Å². The van der Waals surface area contributed by atoms with Crippen LogP contribution in [0.3, 0.4) is 0 Å². The monoisotopic (exact) mass is 428 g/mol. The number of aromatic nitrogens is 2. The third kappa shape index (κ3) is 3.83. The Bertz CT molecular complexity index is 1010. The molecule has 0 atom stereocenters. The first-order valence-corrected chi connectivity index (χ1v) is 11.1. The van der Waals surface area contributed by atoms with Crippen LogP contribution in [-0.2, 0) is 23.1 Å². The van der Waals surface area contributed by atoms with E-state index in [4.69, 9.17) is 14.5 Å². The predicted molar refractivity (Wildman–Crippen MR) is 115 cm³/mol. The molecule has 8 heteroatoms. The molecule has 31 heavy (non-hydrogen) atoms. The van der Waals surface area contributed by atoms with Gasteiger partial charge in [0.1, 0.15) is 11.6 Å². The molecule has 1 aromatic carbocycles. The van der Waals surface area contributed by atoms with Gasteiger partial charge in [-0.1, -0.05) is 6.07 Å². The second-order valence-electron chi connectivity index (χ2n) is 8.83. The standard InChI is InChI=1S/C23H29FN4O3/c1-30-17-3-2-16(19(24)14-17)15-27-8-6-23(7-9-27)5-4-18-20(23)25-22(26-21(18)29)28-10-12-31-13-11-28/h2-3,14H,4-13,15H2,1H3,(H,25,26,29). The average Bonchev–Trinajstić information content (AvgIpc) is 3.16. The summed E-state index contributed by atoms with van der Waals surface area (Å²) >= 11 is 0. The number of morpholine rings is 1. The van der Waals surface area contributed by atoms with Crippen molar-refractivity contribution in [3.05, 3.63) is 51.2 Å². The summed E-state index contributed by atoms with van der Waals surface area (Å²) in [5.41, 5.74) is 2.50. The van der Waals surface area contributed by atoms with E-state index in [1.54, 1.807) is 19.2 Å². The summed E-state index contributed by atoms with van der Waals surface area (Å²) in [6.45, 7) is 5.12. The zero-order valence-corrected chi connectivity index (χ0v) is 18.0. The fourth-order valence-corrected chi connectivity index (χ4v) is 5.21. The van der Waals surface area contributed by atoms with Crippen molar-refractivity contribution in [2.75, 3.05) is 51.4 Å². The quantitative estimate of drug-likeness (QED) is 0.806. The van der Waals surface area contributed by atoms with Gasteiger partial charge in [0.05, 0.1) is 26.0 Å². The molecule has 0 saturated carbocycles. The number of fused-ring (bicyclic) bond motifs is 2. The minimum atomic E-state index is -0.228. The SMILES string of the molecule is COc1ccc(CN2CCC3(CCc4c3nc(N3CCOCC3)[nH]c4=O)CC2)c(F)c1. The van der Waals surface area contributed by atoms with E-state index in [0.717, 1.165) is 63.1 Å². The molecule has 1 aliphatic carbocycles. The van der Waals surface area contributed by atoms with Gasteiger partial charge in [0.15, 0.2) is 0 Å². The van der Waals surface area contributed by atoms with Gasteiger partial charge < -0.3 is 14.4 Å². The molecule has 0 unspecified atom stereocenters. The number of piperidine rings is 1. The van der Waals surface area contributed by atoms with Gasteiger partial charge in [0, 0.05) is 42.2 Å². The number of nitrogens with zero attached hydrogens (tertiary/aromatic N) is 3. The highest BCUT2D eigenvalue weighted by molar-refractivity contribution is 5.40. The van der Waals surface area contributed by atoms with E-state index in [0.29, 0.717) is 37.0 Å². The summed E-state index contributed by atoms with van der Waals surface area (Å²) in [5, 5.41) is 0. The van der Waals surface area contributed by atoms with Crippen molar-refractivity contribution in [2.24, 2.45) is 0 Å². The van der Waals surface area contributed by atoms with Crippen LogP contribution in [-0.4, -0.2) is 61.4 Å². The zero-order valence-electron chi connectivity index (χ0n) is 18.0. The lowest BCUT2D eigenvalue weighted by atomic mass is 9.76. The number of ether oxygens (including phenoxy) is 2. The molecule has 3 heterocycles. The Balaban J connectivity index is 1.32. The van der Waals surface area contributed by atoms with Crippen molar-refractivity contribution in [3.63, 3.8) is 0 Å². The predicted octanol–water partition coefficient (Wildman–Crippen LogP) is 2.23. The van der Waals surface area contributed by atoms with Gasteiger partial charge in [0.2, 0.25) is 5.95 Å². The van der Waals surface area contributed by atoms with E-state index in [9.17, 15) is 9.18 Å². The van der Waals surface area contributed by atoms with Crippen LogP contribution in [0.5, 0.6) is 5.75 Å². The van der Waals surface area contributed by atoms with Crippen molar-refractivity contribution in [1.29, 1.82) is 0 Å². The summed E-state index contributed by atoms with van der Waals surface area (Å²) in [7, 11) is 1.54. The largest absolute Gasteiger partial charge is 0.497 e. The maximum Gasteiger partial charge on any atom is 0.255 e. The number of likely N-dealkylation sites (tertiary alicyclic amines) is 1. The highest BCUT2D eigenvalue weighted by Crippen LogP contribution is 2.44. The fraction of sp³-hybridized carbons (Fsp3) is 0.565. The number of hydrogen-bond acceptors (Lipinski definition) is 6. The summed E-state index contributed by atoms with van der Waals surface area (Å²) in [6.07, 6.45) is 3.64. The van der Waals surface area contributed by atoms with Crippen molar-refractivity contribution in [3.8, 4) is 5.75 Å². The highest BCUT2D eigenvalue weighted by Gasteiger charge is 2.44. The van der Waals surface area contributed by atoms with Gasteiger partial charge in [-0.15, -0.1) is 0 Å². The molecule has 2 aliphatic heterocycles. The lowest BCUT2D eigenvalue weighted by molar-refractivity contribution is 0.122. The number of rotatable bonds is 4. The van der Waals surface area contributed by atoms with E-state index in [1.165, 1.54) is 6.07 Å². The molecule has 2 saturated heterocycles. The van der Waals surface area contributed by atoms with Crippen molar-refractivity contribution in [2.45, 2.75) is 37.6 Å². The Morgan fingerprint density at radius 2 is 1.97 bits per heavy atom. The first-order chi connectivity index (χ1) is 15.1. The van der Waals surface area contributed by atoms with Crippen LogP contribution in [0.4, 0.5) is 10.3 Å². The van der Waals surface area contributed by atoms with Gasteiger partial charge in [-0.2, -0.15) is 0 Å². The molecule has 0 amide bonds. The average molecular weight is 429 g/mol. The molecular weight excluding hydrogens is 399 g/mol. The summed E-state index contributed by atoms with van der Waals surface area (Å²) in [6, 6.07) is 5.05. The maximum atomic E-state index is 14.4. The summed E-state index contributed by atoms with van der Waals surface area (Å²) in [4.78, 5) is 25.2. The van der Waals surface area contributed by atoms with Gasteiger partial charge in [-0.25, -0.2) is 9.37 Å². The zero-order chi connectivity index (χ0) is 21.4. The van der Waals surface area contributed by atoms with Crippen LogP contribution in [0, 0.1) is 5.82 Å². The summed E-state index contributed by atoms with van der Waals surface area (Å²) in [5.74, 6) is 0.985. The highest BCUT2D eigenvalue weighted by atomic mass is 19.1. The van der Waals surface area contributed by atoms with Gasteiger partial charge in [-0.05, 0) is 44.8 Å². The molecule has 1 aromatic heterocycles. The third-order valence-corrected chi connectivity index (χ3v) is 7.14. The van der Waals surface area contributed by atoms with Crippen LogP contribution < -0.4 is 15.2 Å². The summed E-state index contributed by atoms with van der Waals surface area (Å²) < 4.78 is 24.9. The number of hydrogen-bond donors (Lipinski definition) is 1. The van der Waals surface area contributed by atoms with Crippen LogP contribution in [0.25, 0.3) is 0 Å². The normalized spacial score (nSPS) is 20.8. The number of halogens is 1. The minimum Gasteiger partial charge on any atom is -0.497 e. The van der Waals surface area contributed by atoms with E-state index < -0.39 is 0 Å². The van der Waals surface area contributed by atoms with Crippen LogP contribution in [0.15, 0.2) is 23.0 Å². The number of nitrogens with one attached hydrogen (secondary N) is 1. The van der Waals surface area contributed by atoms with Crippen molar-refractivity contribution >= 4 is 5.95 Å². The third-order valence-electron chi connectivity index (χ3n) is 7.14. The topological polar surface area (TPSA) is 70.7 Å². The second kappa shape index (κ2) is 8.24. The van der Waals surface area contributed by atoms with Gasteiger partial charge in [-0.3, -0.25) is 14.7 Å². The molecule has 2 aromatic rings. The van der Waals surface area contributed by atoms with E-state index in [1.807, 2.05) is 0 Å². The van der Waals surface area contributed by atoms with Crippen LogP contribution in [0.2, 0.25) is 0 Å². The number of H-pyrrole nitrogens is 1. The molecule has 7 nitrogen and oxygen atoms in total. The number of methoxy groups -OCH3 is 1. The number of benzene rings is 1. The second-order valence-corrected chi connectivity index (χ2v) is 8.83. The Kier molecular flexibility index (Phi) is 5.44. The first kappa shape index (κ1) is 20.5. The molecule has 1 spiro atoms.